The van der Waals surface area contributed by atoms with Crippen molar-refractivity contribution in [2.45, 2.75) is 93.9 Å². The smallest absolute Gasteiger partial charge is 0.340 e. The van der Waals surface area contributed by atoms with Crippen molar-refractivity contribution in [3.63, 3.8) is 0 Å². The van der Waals surface area contributed by atoms with Gasteiger partial charge in [0.15, 0.2) is 6.10 Å². The standard InChI is InChI=1S/C22H34Cl4O4S/c1-14(2)9-7-10-16(5)11-8-12-22(6,30-21(28)19(25)26)17(13-31-15(3)4)29-20(27)18(23)24/h9,11,15,17-19H,7-8,10,12-13H2,1-6H3/b16-11+/t17-,22+/m1/s1. The van der Waals surface area contributed by atoms with Crippen molar-refractivity contribution in [1.82, 2.24) is 0 Å². The van der Waals surface area contributed by atoms with Crippen LogP contribution in [0, 0.1) is 0 Å². The molecular weight excluding hydrogens is 502 g/mol. The van der Waals surface area contributed by atoms with Gasteiger partial charge in [0.05, 0.1) is 0 Å². The molecule has 0 aliphatic rings. The molecule has 0 aromatic heterocycles. The molecule has 0 radical (unpaired) electrons. The fourth-order valence-electron chi connectivity index (χ4n) is 2.65. The molecule has 180 valence electrons. The number of thioether (sulfide) groups is 1. The van der Waals surface area contributed by atoms with Gasteiger partial charge in [-0.2, -0.15) is 11.8 Å². The van der Waals surface area contributed by atoms with Crippen LogP contribution in [0.15, 0.2) is 23.3 Å². The van der Waals surface area contributed by atoms with E-state index < -0.39 is 33.3 Å². The van der Waals surface area contributed by atoms with Gasteiger partial charge < -0.3 is 9.47 Å². The number of ether oxygens (including phenoxy) is 2. The van der Waals surface area contributed by atoms with Crippen LogP contribution in [0.3, 0.4) is 0 Å². The number of halogens is 4. The molecule has 31 heavy (non-hydrogen) atoms. The van der Waals surface area contributed by atoms with Crippen LogP contribution in [0.4, 0.5) is 0 Å². The molecule has 0 spiro atoms. The van der Waals surface area contributed by atoms with Crippen molar-refractivity contribution in [2.24, 2.45) is 0 Å². The summed E-state index contributed by atoms with van der Waals surface area (Å²) in [7, 11) is 0. The average Bonchev–Trinajstić information content (AvgIpc) is 2.63. The third-order valence-corrected chi connectivity index (χ3v) is 6.31. The van der Waals surface area contributed by atoms with Crippen molar-refractivity contribution >= 4 is 70.1 Å². The van der Waals surface area contributed by atoms with Crippen LogP contribution in [0.1, 0.15) is 67.2 Å². The third-order valence-electron chi connectivity index (χ3n) is 4.44. The molecule has 0 saturated carbocycles. The Morgan fingerprint density at radius 1 is 0.968 bits per heavy atom. The molecule has 0 aliphatic heterocycles. The minimum atomic E-state index is -1.34. The van der Waals surface area contributed by atoms with Crippen LogP contribution in [-0.2, 0) is 19.1 Å². The fourth-order valence-corrected chi connectivity index (χ4v) is 3.83. The summed E-state index contributed by atoms with van der Waals surface area (Å²) in [6.07, 6.45) is 6.45. The zero-order chi connectivity index (χ0) is 24.2. The Hall–Kier alpha value is -0.0700. The Morgan fingerprint density at radius 2 is 1.55 bits per heavy atom. The lowest BCUT2D eigenvalue weighted by molar-refractivity contribution is -0.180. The maximum atomic E-state index is 12.2. The zero-order valence-corrected chi connectivity index (χ0v) is 22.9. The molecule has 0 unspecified atom stereocenters. The Bertz CT molecular complexity index is 631. The van der Waals surface area contributed by atoms with E-state index in [1.807, 2.05) is 13.8 Å². The van der Waals surface area contributed by atoms with E-state index in [2.05, 4.69) is 32.9 Å². The third kappa shape index (κ3) is 13.9. The number of carbonyl (C=O) groups excluding carboxylic acids is 2. The van der Waals surface area contributed by atoms with Crippen LogP contribution in [0.25, 0.3) is 0 Å². The summed E-state index contributed by atoms with van der Waals surface area (Å²) in [6, 6.07) is 0. The molecule has 0 fully saturated rings. The van der Waals surface area contributed by atoms with Gasteiger partial charge in [-0.05, 0) is 58.6 Å². The maximum Gasteiger partial charge on any atom is 0.340 e. The van der Waals surface area contributed by atoms with Crippen molar-refractivity contribution < 1.29 is 19.1 Å². The fraction of sp³-hybridized carbons (Fsp3) is 0.727. The van der Waals surface area contributed by atoms with Crippen molar-refractivity contribution in [1.29, 1.82) is 0 Å². The number of hydrogen-bond donors (Lipinski definition) is 0. The molecule has 0 rings (SSSR count). The molecule has 0 amide bonds. The highest BCUT2D eigenvalue weighted by Crippen LogP contribution is 2.31. The average molecular weight is 536 g/mol. The quantitative estimate of drug-likeness (QED) is 0.131. The number of rotatable bonds is 14. The first kappa shape index (κ1) is 30.9. The molecule has 0 aromatic carbocycles. The number of alkyl halides is 4. The topological polar surface area (TPSA) is 52.6 Å². The molecule has 0 aliphatic carbocycles. The lowest BCUT2D eigenvalue weighted by Gasteiger charge is -2.37. The van der Waals surface area contributed by atoms with E-state index in [0.29, 0.717) is 18.6 Å². The highest BCUT2D eigenvalue weighted by molar-refractivity contribution is 7.99. The first-order valence-electron chi connectivity index (χ1n) is 10.2. The Labute approximate surface area is 211 Å². The second-order valence-electron chi connectivity index (χ2n) is 8.05. The van der Waals surface area contributed by atoms with Crippen LogP contribution in [0.5, 0.6) is 0 Å². The van der Waals surface area contributed by atoms with Gasteiger partial charge in [-0.15, -0.1) is 0 Å². The summed E-state index contributed by atoms with van der Waals surface area (Å²) >= 11 is 24.3. The van der Waals surface area contributed by atoms with E-state index in [4.69, 9.17) is 55.9 Å². The zero-order valence-electron chi connectivity index (χ0n) is 19.1. The number of hydrogen-bond acceptors (Lipinski definition) is 5. The minimum Gasteiger partial charge on any atom is -0.455 e. The Balaban J connectivity index is 5.56. The molecule has 0 heterocycles. The van der Waals surface area contributed by atoms with Crippen molar-refractivity contribution in [3.8, 4) is 0 Å². The molecule has 9 heteroatoms. The number of carbonyl (C=O) groups is 2. The van der Waals surface area contributed by atoms with Gasteiger partial charge in [-0.25, -0.2) is 9.59 Å². The highest BCUT2D eigenvalue weighted by atomic mass is 35.5. The molecule has 2 atom stereocenters. The first-order valence-corrected chi connectivity index (χ1v) is 13.0. The maximum absolute atomic E-state index is 12.2. The van der Waals surface area contributed by atoms with Gasteiger partial charge in [0.25, 0.3) is 0 Å². The molecule has 4 nitrogen and oxygen atoms in total. The summed E-state index contributed by atoms with van der Waals surface area (Å²) in [5, 5.41) is 0.273. The van der Waals surface area contributed by atoms with Crippen LogP contribution >= 0.6 is 58.2 Å². The van der Waals surface area contributed by atoms with Crippen molar-refractivity contribution in [2.75, 3.05) is 5.75 Å². The van der Waals surface area contributed by atoms with E-state index in [9.17, 15) is 9.59 Å². The van der Waals surface area contributed by atoms with E-state index in [0.717, 1.165) is 12.8 Å². The van der Waals surface area contributed by atoms with E-state index in [1.165, 1.54) is 11.1 Å². The predicted octanol–water partition coefficient (Wildman–Crippen LogP) is 7.42. The van der Waals surface area contributed by atoms with Gasteiger partial charge in [0.1, 0.15) is 5.60 Å². The normalized spacial score (nSPS) is 15.1. The Kier molecular flexibility index (Phi) is 15.7. The van der Waals surface area contributed by atoms with Gasteiger partial charge in [-0.3, -0.25) is 0 Å². The lowest BCUT2D eigenvalue weighted by Crippen LogP contribution is -2.49. The predicted molar refractivity (Wildman–Crippen MR) is 135 cm³/mol. The molecule has 0 N–H and O–H groups in total. The lowest BCUT2D eigenvalue weighted by atomic mass is 9.92. The van der Waals surface area contributed by atoms with Crippen LogP contribution < -0.4 is 0 Å². The molecule has 0 aromatic rings. The van der Waals surface area contributed by atoms with E-state index in [1.54, 1.807) is 18.7 Å². The van der Waals surface area contributed by atoms with Gasteiger partial charge in [0.2, 0.25) is 9.67 Å². The monoisotopic (exact) mass is 534 g/mol. The summed E-state index contributed by atoms with van der Waals surface area (Å²) in [5.41, 5.74) is 1.36. The number of esters is 2. The molecular formula is C22H34Cl4O4S. The molecule has 0 bridgehead atoms. The number of allylic oxidation sites excluding steroid dienone is 4. The van der Waals surface area contributed by atoms with Crippen LogP contribution in [-0.4, -0.2) is 44.3 Å². The highest BCUT2D eigenvalue weighted by Gasteiger charge is 2.42. The first-order chi connectivity index (χ1) is 14.3. The summed E-state index contributed by atoms with van der Waals surface area (Å²) in [4.78, 5) is 21.7. The summed E-state index contributed by atoms with van der Waals surface area (Å²) in [5.74, 6) is -1.19. The van der Waals surface area contributed by atoms with Gasteiger partial charge >= 0.3 is 11.9 Å². The second-order valence-corrected chi connectivity index (χ2v) is 11.9. The SMILES string of the molecule is CC(C)=CCC/C(C)=C/CC[C@](C)(OC(=O)C(Cl)Cl)[C@@H](CSC(C)C)OC(=O)C(Cl)Cl. The van der Waals surface area contributed by atoms with Gasteiger partial charge in [0, 0.05) is 5.75 Å². The van der Waals surface area contributed by atoms with E-state index in [-0.39, 0.29) is 5.25 Å². The second kappa shape index (κ2) is 15.7. The molecule has 0 saturated heterocycles. The summed E-state index contributed by atoms with van der Waals surface area (Å²) in [6.45, 7) is 12.0. The van der Waals surface area contributed by atoms with Crippen molar-refractivity contribution in [3.05, 3.63) is 23.3 Å². The van der Waals surface area contributed by atoms with Crippen LogP contribution in [0.2, 0.25) is 0 Å². The summed E-state index contributed by atoms with van der Waals surface area (Å²) < 4.78 is 11.2. The Morgan fingerprint density at radius 3 is 2.03 bits per heavy atom. The largest absolute Gasteiger partial charge is 0.455 e. The minimum absolute atomic E-state index is 0.273. The van der Waals surface area contributed by atoms with Gasteiger partial charge in [-0.1, -0.05) is 83.5 Å². The van der Waals surface area contributed by atoms with E-state index >= 15 is 0 Å².